The van der Waals surface area contributed by atoms with Crippen molar-refractivity contribution in [2.75, 3.05) is 7.11 Å². The maximum atomic E-state index is 11.9. The summed E-state index contributed by atoms with van der Waals surface area (Å²) in [4.78, 5) is 12.2. The number of hydrogen-bond donors (Lipinski definition) is 2. The molecule has 1 amide bonds. The number of carbonyl (C=O) groups is 1. The first-order valence-electron chi connectivity index (χ1n) is 5.23. The normalized spacial score (nSPS) is 13.8. The van der Waals surface area contributed by atoms with Gasteiger partial charge >= 0.3 is 0 Å². The number of amides is 1. The minimum Gasteiger partial charge on any atom is -0.392 e. The molecular weight excluding hydrogens is 236 g/mol. The minimum absolute atomic E-state index is 0.251. The van der Waals surface area contributed by atoms with Gasteiger partial charge in [-0.1, -0.05) is 42.5 Å². The van der Waals surface area contributed by atoms with Crippen LogP contribution in [0.2, 0.25) is 0 Å². The molecule has 0 spiro atoms. The van der Waals surface area contributed by atoms with E-state index in [9.17, 15) is 4.79 Å². The number of ether oxygens (including phenoxy) is 1. The fourth-order valence-electron chi connectivity index (χ4n) is 1.38. The predicted molar refractivity (Wildman–Crippen MR) is 70.6 cm³/mol. The lowest BCUT2D eigenvalue weighted by Gasteiger charge is -2.18. The second-order valence-corrected chi connectivity index (χ2v) is 4.13. The van der Waals surface area contributed by atoms with Crippen molar-refractivity contribution >= 4 is 23.1 Å². The first kappa shape index (κ1) is 13.6. The standard InChI is InChI=1S/C12H16N2O2S/c1-8(11(13)17)14-12(15)10(16-2)9-6-4-3-5-7-9/h3-8,10H,1-2H3,(H2,13,17)(H,14,15). The number of nitrogens with one attached hydrogen (secondary N) is 1. The fourth-order valence-corrected chi connectivity index (χ4v) is 1.44. The van der Waals surface area contributed by atoms with Gasteiger partial charge in [-0.2, -0.15) is 0 Å². The van der Waals surface area contributed by atoms with Crippen LogP contribution in [0.5, 0.6) is 0 Å². The molecule has 4 nitrogen and oxygen atoms in total. The zero-order chi connectivity index (χ0) is 12.8. The average molecular weight is 252 g/mol. The molecule has 3 N–H and O–H groups in total. The van der Waals surface area contributed by atoms with Crippen molar-refractivity contribution in [3.63, 3.8) is 0 Å². The quantitative estimate of drug-likeness (QED) is 0.772. The molecule has 1 aromatic carbocycles. The Labute approximate surface area is 106 Å². The second-order valence-electron chi connectivity index (χ2n) is 3.66. The first-order valence-corrected chi connectivity index (χ1v) is 5.64. The number of methoxy groups -OCH3 is 1. The van der Waals surface area contributed by atoms with Crippen LogP contribution in [-0.2, 0) is 9.53 Å². The van der Waals surface area contributed by atoms with E-state index >= 15 is 0 Å². The van der Waals surface area contributed by atoms with E-state index in [1.54, 1.807) is 6.92 Å². The number of nitrogens with two attached hydrogens (primary N) is 1. The molecule has 0 aromatic heterocycles. The van der Waals surface area contributed by atoms with E-state index in [4.69, 9.17) is 22.7 Å². The molecule has 1 aromatic rings. The van der Waals surface area contributed by atoms with Crippen molar-refractivity contribution in [3.05, 3.63) is 35.9 Å². The summed E-state index contributed by atoms with van der Waals surface area (Å²) in [6, 6.07) is 8.90. The van der Waals surface area contributed by atoms with E-state index in [-0.39, 0.29) is 16.9 Å². The summed E-state index contributed by atoms with van der Waals surface area (Å²) in [6.45, 7) is 1.73. The predicted octanol–water partition coefficient (Wildman–Crippen LogP) is 1.16. The summed E-state index contributed by atoms with van der Waals surface area (Å²) in [5.41, 5.74) is 6.23. The highest BCUT2D eigenvalue weighted by Gasteiger charge is 2.21. The Kier molecular flexibility index (Phi) is 5.06. The SMILES string of the molecule is COC(C(=O)NC(C)C(N)=S)c1ccccc1. The van der Waals surface area contributed by atoms with Crippen LogP contribution in [0.4, 0.5) is 0 Å². The number of rotatable bonds is 5. The summed E-state index contributed by atoms with van der Waals surface area (Å²) >= 11 is 4.80. The first-order chi connectivity index (χ1) is 8.06. The molecular formula is C12H16N2O2S. The summed E-state index contributed by atoms with van der Waals surface area (Å²) in [5, 5.41) is 2.70. The fraction of sp³-hybridized carbons (Fsp3) is 0.333. The van der Waals surface area contributed by atoms with E-state index < -0.39 is 6.10 Å². The van der Waals surface area contributed by atoms with Crippen molar-refractivity contribution in [3.8, 4) is 0 Å². The Morgan fingerprint density at radius 1 is 1.41 bits per heavy atom. The van der Waals surface area contributed by atoms with Gasteiger partial charge < -0.3 is 15.8 Å². The maximum Gasteiger partial charge on any atom is 0.254 e. The smallest absolute Gasteiger partial charge is 0.254 e. The molecule has 0 fully saturated rings. The summed E-state index contributed by atoms with van der Waals surface area (Å²) in [7, 11) is 1.49. The van der Waals surface area contributed by atoms with E-state index in [2.05, 4.69) is 5.32 Å². The maximum absolute atomic E-state index is 11.9. The van der Waals surface area contributed by atoms with Gasteiger partial charge in [-0.05, 0) is 12.5 Å². The van der Waals surface area contributed by atoms with Gasteiger partial charge in [0.1, 0.15) is 0 Å². The van der Waals surface area contributed by atoms with Crippen LogP contribution in [-0.4, -0.2) is 24.0 Å². The Balaban J connectivity index is 2.75. The van der Waals surface area contributed by atoms with Crippen LogP contribution >= 0.6 is 12.2 Å². The molecule has 0 aliphatic heterocycles. The van der Waals surface area contributed by atoms with Crippen molar-refractivity contribution in [1.82, 2.24) is 5.32 Å². The summed E-state index contributed by atoms with van der Waals surface area (Å²) in [6.07, 6.45) is -0.645. The molecule has 0 heterocycles. The number of hydrogen-bond acceptors (Lipinski definition) is 3. The van der Waals surface area contributed by atoms with Crippen LogP contribution < -0.4 is 11.1 Å². The zero-order valence-electron chi connectivity index (χ0n) is 9.84. The van der Waals surface area contributed by atoms with Gasteiger partial charge in [-0.15, -0.1) is 0 Å². The lowest BCUT2D eigenvalue weighted by Crippen LogP contribution is -2.43. The third-order valence-electron chi connectivity index (χ3n) is 2.36. The van der Waals surface area contributed by atoms with Crippen LogP contribution in [0.3, 0.4) is 0 Å². The van der Waals surface area contributed by atoms with Crippen molar-refractivity contribution in [1.29, 1.82) is 0 Å². The van der Waals surface area contributed by atoms with E-state index in [0.29, 0.717) is 0 Å². The summed E-state index contributed by atoms with van der Waals surface area (Å²) < 4.78 is 5.18. The lowest BCUT2D eigenvalue weighted by atomic mass is 10.1. The van der Waals surface area contributed by atoms with E-state index in [1.807, 2.05) is 30.3 Å². The Hall–Kier alpha value is -1.46. The molecule has 0 bridgehead atoms. The van der Waals surface area contributed by atoms with Gasteiger partial charge in [0.25, 0.3) is 5.91 Å². The monoisotopic (exact) mass is 252 g/mol. The Morgan fingerprint density at radius 2 is 2.00 bits per heavy atom. The highest BCUT2D eigenvalue weighted by atomic mass is 32.1. The van der Waals surface area contributed by atoms with Crippen LogP contribution in [0.25, 0.3) is 0 Å². The lowest BCUT2D eigenvalue weighted by molar-refractivity contribution is -0.131. The third-order valence-corrected chi connectivity index (χ3v) is 2.72. The molecule has 2 unspecified atom stereocenters. The number of thiocarbonyl (C=S) groups is 1. The molecule has 1 rings (SSSR count). The van der Waals surface area contributed by atoms with E-state index in [1.165, 1.54) is 7.11 Å². The zero-order valence-corrected chi connectivity index (χ0v) is 10.7. The third kappa shape index (κ3) is 3.80. The molecule has 92 valence electrons. The van der Waals surface area contributed by atoms with Crippen molar-refractivity contribution < 1.29 is 9.53 Å². The largest absolute Gasteiger partial charge is 0.392 e. The molecule has 0 saturated heterocycles. The molecule has 0 aliphatic carbocycles. The molecule has 0 radical (unpaired) electrons. The Bertz CT molecular complexity index is 395. The minimum atomic E-state index is -0.645. The van der Waals surface area contributed by atoms with Gasteiger partial charge in [0.2, 0.25) is 0 Å². The molecule has 5 heteroatoms. The van der Waals surface area contributed by atoms with Crippen LogP contribution in [0.15, 0.2) is 30.3 Å². The molecule has 2 atom stereocenters. The highest BCUT2D eigenvalue weighted by Crippen LogP contribution is 2.16. The van der Waals surface area contributed by atoms with Gasteiger partial charge in [0, 0.05) is 7.11 Å². The second kappa shape index (κ2) is 6.32. The van der Waals surface area contributed by atoms with Crippen molar-refractivity contribution in [2.24, 2.45) is 5.73 Å². The average Bonchev–Trinajstić information content (AvgIpc) is 2.31. The van der Waals surface area contributed by atoms with Gasteiger partial charge in [-0.25, -0.2) is 0 Å². The topological polar surface area (TPSA) is 64.3 Å². The summed E-state index contributed by atoms with van der Waals surface area (Å²) in [5.74, 6) is -0.251. The molecule has 17 heavy (non-hydrogen) atoms. The molecule has 0 aliphatic rings. The molecule has 0 saturated carbocycles. The van der Waals surface area contributed by atoms with Crippen LogP contribution in [0.1, 0.15) is 18.6 Å². The number of carbonyl (C=O) groups excluding carboxylic acids is 1. The highest BCUT2D eigenvalue weighted by molar-refractivity contribution is 7.80. The van der Waals surface area contributed by atoms with Crippen molar-refractivity contribution in [2.45, 2.75) is 19.1 Å². The number of benzene rings is 1. The van der Waals surface area contributed by atoms with E-state index in [0.717, 1.165) is 5.56 Å². The Morgan fingerprint density at radius 3 is 2.47 bits per heavy atom. The van der Waals surface area contributed by atoms with Gasteiger partial charge in [0.05, 0.1) is 11.0 Å². The van der Waals surface area contributed by atoms with Crippen LogP contribution in [0, 0.1) is 0 Å². The van der Waals surface area contributed by atoms with Gasteiger partial charge in [-0.3, -0.25) is 4.79 Å². The van der Waals surface area contributed by atoms with Gasteiger partial charge in [0.15, 0.2) is 6.10 Å².